The van der Waals surface area contributed by atoms with Crippen LogP contribution in [0, 0.1) is 0 Å². The Hall–Kier alpha value is -1.42. The Morgan fingerprint density at radius 2 is 2.44 bits per heavy atom. The molecule has 2 heterocycles. The van der Waals surface area contributed by atoms with E-state index in [9.17, 15) is 4.79 Å². The molecule has 0 amide bonds. The number of hydrogen-bond donors (Lipinski definition) is 0. The maximum atomic E-state index is 12.3. The summed E-state index contributed by atoms with van der Waals surface area (Å²) in [4.78, 5) is 16.4. The number of rotatable bonds is 3. The van der Waals surface area contributed by atoms with E-state index in [0.717, 1.165) is 12.8 Å². The molecule has 0 N–H and O–H groups in total. The van der Waals surface area contributed by atoms with Crippen LogP contribution < -0.4 is 4.74 Å². The largest absolute Gasteiger partial charge is 0.494 e. The van der Waals surface area contributed by atoms with Gasteiger partial charge in [0.2, 0.25) is 5.78 Å². The molecule has 1 atom stereocenters. The molecule has 2 rings (SSSR count). The molecule has 1 aliphatic rings. The normalized spacial score (nSPS) is 24.4. The molecule has 0 aromatic carbocycles. The quantitative estimate of drug-likeness (QED) is 0.731. The van der Waals surface area contributed by atoms with E-state index in [1.165, 1.54) is 7.11 Å². The summed E-state index contributed by atoms with van der Waals surface area (Å²) in [5, 5.41) is 0. The number of ketones is 1. The van der Waals surface area contributed by atoms with Gasteiger partial charge in [0.05, 0.1) is 7.11 Å². The lowest BCUT2D eigenvalue weighted by Gasteiger charge is -2.21. The maximum Gasteiger partial charge on any atom is 0.216 e. The van der Waals surface area contributed by atoms with Gasteiger partial charge in [-0.1, -0.05) is 0 Å². The van der Waals surface area contributed by atoms with Gasteiger partial charge in [0.15, 0.2) is 5.69 Å². The van der Waals surface area contributed by atoms with Gasteiger partial charge in [-0.15, -0.1) is 0 Å². The predicted octanol–water partition coefficient (Wildman–Crippen LogP) is 1.84. The van der Waals surface area contributed by atoms with E-state index < -0.39 is 5.60 Å². The van der Waals surface area contributed by atoms with Crippen LogP contribution in [-0.2, 0) is 4.74 Å². The SMILES string of the molecule is COc1cccnc1C(=O)C1(C)CCCO1. The number of carbonyl (C=O) groups excluding carboxylic acids is 1. The zero-order valence-electron chi connectivity index (χ0n) is 9.53. The molecule has 1 saturated heterocycles. The van der Waals surface area contributed by atoms with Crippen LogP contribution in [0.4, 0.5) is 0 Å². The highest BCUT2D eigenvalue weighted by Gasteiger charge is 2.40. The third-order valence-electron chi connectivity index (χ3n) is 2.90. The van der Waals surface area contributed by atoms with Crippen molar-refractivity contribution < 1.29 is 14.3 Å². The fraction of sp³-hybridized carbons (Fsp3) is 0.500. The topological polar surface area (TPSA) is 48.4 Å². The first-order valence-electron chi connectivity index (χ1n) is 5.35. The van der Waals surface area contributed by atoms with E-state index >= 15 is 0 Å². The second kappa shape index (κ2) is 4.22. The van der Waals surface area contributed by atoms with E-state index in [-0.39, 0.29) is 5.78 Å². The van der Waals surface area contributed by atoms with E-state index in [1.54, 1.807) is 18.3 Å². The summed E-state index contributed by atoms with van der Waals surface area (Å²) in [5.41, 5.74) is -0.379. The number of pyridine rings is 1. The summed E-state index contributed by atoms with van der Waals surface area (Å²) in [6.45, 7) is 2.45. The zero-order chi connectivity index (χ0) is 11.6. The number of nitrogens with zero attached hydrogens (tertiary/aromatic N) is 1. The smallest absolute Gasteiger partial charge is 0.216 e. The van der Waals surface area contributed by atoms with Crippen LogP contribution in [0.5, 0.6) is 5.75 Å². The summed E-state index contributed by atoms with van der Waals surface area (Å²) < 4.78 is 10.6. The van der Waals surface area contributed by atoms with Gasteiger partial charge in [-0.25, -0.2) is 4.98 Å². The second-order valence-corrected chi connectivity index (χ2v) is 4.07. The Morgan fingerprint density at radius 1 is 1.62 bits per heavy atom. The lowest BCUT2D eigenvalue weighted by molar-refractivity contribution is 0.0206. The van der Waals surface area contributed by atoms with Gasteiger partial charge in [-0.05, 0) is 31.9 Å². The van der Waals surface area contributed by atoms with Gasteiger partial charge in [0, 0.05) is 12.8 Å². The third kappa shape index (κ3) is 1.80. The lowest BCUT2D eigenvalue weighted by atomic mass is 9.94. The molecule has 4 heteroatoms. The lowest BCUT2D eigenvalue weighted by Crippen LogP contribution is -2.35. The summed E-state index contributed by atoms with van der Waals surface area (Å²) in [5.74, 6) is 0.409. The molecule has 1 fully saturated rings. The molecule has 1 aromatic heterocycles. The highest BCUT2D eigenvalue weighted by Crippen LogP contribution is 2.30. The Labute approximate surface area is 94.6 Å². The van der Waals surface area contributed by atoms with Crippen LogP contribution in [0.15, 0.2) is 18.3 Å². The molecular formula is C12H15NO3. The Morgan fingerprint density at radius 3 is 3.06 bits per heavy atom. The van der Waals surface area contributed by atoms with E-state index in [2.05, 4.69) is 4.98 Å². The second-order valence-electron chi connectivity index (χ2n) is 4.07. The molecule has 0 radical (unpaired) electrons. The number of carbonyl (C=O) groups is 1. The van der Waals surface area contributed by atoms with Crippen molar-refractivity contribution >= 4 is 5.78 Å². The van der Waals surface area contributed by atoms with Gasteiger partial charge in [-0.2, -0.15) is 0 Å². The van der Waals surface area contributed by atoms with Gasteiger partial charge in [0.25, 0.3) is 0 Å². The first-order chi connectivity index (χ1) is 7.67. The standard InChI is InChI=1S/C12H15NO3/c1-12(6-4-8-16-12)11(14)10-9(15-2)5-3-7-13-10/h3,5,7H,4,6,8H2,1-2H3. The summed E-state index contributed by atoms with van der Waals surface area (Å²) in [7, 11) is 1.53. The highest BCUT2D eigenvalue weighted by molar-refractivity contribution is 6.02. The number of aromatic nitrogens is 1. The molecule has 0 spiro atoms. The molecule has 0 saturated carbocycles. The average molecular weight is 221 g/mol. The number of methoxy groups -OCH3 is 1. The number of hydrogen-bond acceptors (Lipinski definition) is 4. The first kappa shape index (κ1) is 11.1. The molecule has 86 valence electrons. The van der Waals surface area contributed by atoms with E-state index in [1.807, 2.05) is 6.92 Å². The molecular weight excluding hydrogens is 206 g/mol. The summed E-state index contributed by atoms with van der Waals surface area (Å²) in [6.07, 6.45) is 3.25. The molecule has 4 nitrogen and oxygen atoms in total. The molecule has 16 heavy (non-hydrogen) atoms. The minimum absolute atomic E-state index is 0.0950. The maximum absolute atomic E-state index is 12.3. The van der Waals surface area contributed by atoms with Crippen molar-refractivity contribution in [3.63, 3.8) is 0 Å². The van der Waals surface area contributed by atoms with E-state index in [0.29, 0.717) is 18.1 Å². The molecule has 0 bridgehead atoms. The first-order valence-corrected chi connectivity index (χ1v) is 5.35. The van der Waals surface area contributed by atoms with Crippen molar-refractivity contribution in [2.45, 2.75) is 25.4 Å². The van der Waals surface area contributed by atoms with Gasteiger partial charge in [-0.3, -0.25) is 4.79 Å². The van der Waals surface area contributed by atoms with Crippen LogP contribution in [0.25, 0.3) is 0 Å². The van der Waals surface area contributed by atoms with Crippen LogP contribution in [0.1, 0.15) is 30.3 Å². The molecule has 1 aromatic rings. The van der Waals surface area contributed by atoms with Gasteiger partial charge >= 0.3 is 0 Å². The number of ether oxygens (including phenoxy) is 2. The molecule has 1 aliphatic heterocycles. The van der Waals surface area contributed by atoms with Crippen molar-refractivity contribution in [2.24, 2.45) is 0 Å². The Bertz CT molecular complexity index is 397. The minimum Gasteiger partial charge on any atom is -0.494 e. The average Bonchev–Trinajstić information content (AvgIpc) is 2.76. The van der Waals surface area contributed by atoms with E-state index in [4.69, 9.17) is 9.47 Å². The highest BCUT2D eigenvalue weighted by atomic mass is 16.5. The van der Waals surface area contributed by atoms with Crippen molar-refractivity contribution in [3.8, 4) is 5.75 Å². The molecule has 0 aliphatic carbocycles. The van der Waals surface area contributed by atoms with Crippen LogP contribution >= 0.6 is 0 Å². The van der Waals surface area contributed by atoms with Gasteiger partial charge in [0.1, 0.15) is 11.4 Å². The van der Waals surface area contributed by atoms with Crippen molar-refractivity contribution in [1.29, 1.82) is 0 Å². The minimum atomic E-state index is -0.734. The number of Topliss-reactive ketones (excluding diaryl/α,β-unsaturated/α-hetero) is 1. The summed E-state index contributed by atoms with van der Waals surface area (Å²) >= 11 is 0. The van der Waals surface area contributed by atoms with Gasteiger partial charge < -0.3 is 9.47 Å². The van der Waals surface area contributed by atoms with Crippen LogP contribution in [-0.4, -0.2) is 30.1 Å². The van der Waals surface area contributed by atoms with Crippen LogP contribution in [0.2, 0.25) is 0 Å². The predicted molar refractivity (Wildman–Crippen MR) is 58.7 cm³/mol. The fourth-order valence-corrected chi connectivity index (χ4v) is 1.93. The monoisotopic (exact) mass is 221 g/mol. The fourth-order valence-electron chi connectivity index (χ4n) is 1.93. The third-order valence-corrected chi connectivity index (χ3v) is 2.90. The van der Waals surface area contributed by atoms with Crippen molar-refractivity contribution in [1.82, 2.24) is 4.98 Å². The van der Waals surface area contributed by atoms with Crippen LogP contribution in [0.3, 0.4) is 0 Å². The van der Waals surface area contributed by atoms with Crippen molar-refractivity contribution in [3.05, 3.63) is 24.0 Å². The molecule has 1 unspecified atom stereocenters. The Balaban J connectivity index is 2.33. The Kier molecular flexibility index (Phi) is 2.92. The van der Waals surface area contributed by atoms with Crippen molar-refractivity contribution in [2.75, 3.05) is 13.7 Å². The zero-order valence-corrected chi connectivity index (χ0v) is 9.53. The summed E-state index contributed by atoms with van der Waals surface area (Å²) in [6, 6.07) is 3.48.